The van der Waals surface area contributed by atoms with Gasteiger partial charge in [-0.05, 0) is 36.6 Å². The summed E-state index contributed by atoms with van der Waals surface area (Å²) in [5.74, 6) is -0.259. The van der Waals surface area contributed by atoms with E-state index in [1.807, 2.05) is 50.2 Å². The standard InChI is InChI=1S/C25H27NO2.ClH/c1-20-11-9-10-16-24(20)25(27)28-21(2)17-26(18-22-12-5-3-6-13-22)19-23-14-7-4-8-15-23;/h3-16,21H,17-19H2,1-2H3;1H. The number of carbonyl (C=O) groups excluding carboxylic acids is 1. The maximum absolute atomic E-state index is 12.5. The fourth-order valence-corrected chi connectivity index (χ4v) is 3.32. The number of benzene rings is 3. The Morgan fingerprint density at radius 2 is 1.31 bits per heavy atom. The van der Waals surface area contributed by atoms with Gasteiger partial charge in [-0.3, -0.25) is 4.90 Å². The summed E-state index contributed by atoms with van der Waals surface area (Å²) in [7, 11) is 0. The Hall–Kier alpha value is -2.62. The van der Waals surface area contributed by atoms with Gasteiger partial charge in [-0.15, -0.1) is 12.4 Å². The average molecular weight is 410 g/mol. The van der Waals surface area contributed by atoms with E-state index in [1.54, 1.807) is 0 Å². The van der Waals surface area contributed by atoms with Crippen LogP contribution in [0.1, 0.15) is 34.0 Å². The van der Waals surface area contributed by atoms with Crippen LogP contribution in [0.15, 0.2) is 84.9 Å². The minimum absolute atomic E-state index is 0. The lowest BCUT2D eigenvalue weighted by atomic mass is 10.1. The van der Waals surface area contributed by atoms with E-state index < -0.39 is 0 Å². The van der Waals surface area contributed by atoms with Crippen LogP contribution in [0.3, 0.4) is 0 Å². The van der Waals surface area contributed by atoms with Crippen molar-refractivity contribution in [1.82, 2.24) is 4.90 Å². The van der Waals surface area contributed by atoms with Crippen molar-refractivity contribution >= 4 is 18.4 Å². The Balaban J connectivity index is 0.00000300. The third-order valence-electron chi connectivity index (χ3n) is 4.69. The van der Waals surface area contributed by atoms with Gasteiger partial charge in [0, 0.05) is 19.6 Å². The molecule has 0 aliphatic heterocycles. The molecule has 3 nitrogen and oxygen atoms in total. The zero-order chi connectivity index (χ0) is 19.8. The van der Waals surface area contributed by atoms with Crippen molar-refractivity contribution in [1.29, 1.82) is 0 Å². The van der Waals surface area contributed by atoms with Crippen LogP contribution in [0.5, 0.6) is 0 Å². The summed E-state index contributed by atoms with van der Waals surface area (Å²) in [4.78, 5) is 14.9. The van der Waals surface area contributed by atoms with Gasteiger partial charge in [0.05, 0.1) is 5.56 Å². The summed E-state index contributed by atoms with van der Waals surface area (Å²) in [6, 6.07) is 28.3. The summed E-state index contributed by atoms with van der Waals surface area (Å²) >= 11 is 0. The van der Waals surface area contributed by atoms with E-state index in [9.17, 15) is 4.79 Å². The van der Waals surface area contributed by atoms with E-state index in [1.165, 1.54) is 11.1 Å². The molecule has 152 valence electrons. The van der Waals surface area contributed by atoms with Crippen LogP contribution < -0.4 is 0 Å². The Bertz CT molecular complexity index is 842. The first-order valence-electron chi connectivity index (χ1n) is 9.68. The van der Waals surface area contributed by atoms with E-state index in [0.29, 0.717) is 12.1 Å². The minimum Gasteiger partial charge on any atom is -0.458 e. The highest BCUT2D eigenvalue weighted by molar-refractivity contribution is 5.91. The first-order chi connectivity index (χ1) is 13.6. The number of ether oxygens (including phenoxy) is 1. The number of carbonyl (C=O) groups is 1. The van der Waals surface area contributed by atoms with E-state index in [2.05, 4.69) is 53.4 Å². The van der Waals surface area contributed by atoms with Crippen molar-refractivity contribution in [3.8, 4) is 0 Å². The average Bonchev–Trinajstić information content (AvgIpc) is 2.69. The molecule has 0 aromatic heterocycles. The lowest BCUT2D eigenvalue weighted by Gasteiger charge is -2.26. The molecule has 0 aliphatic rings. The second-order valence-corrected chi connectivity index (χ2v) is 7.17. The van der Waals surface area contributed by atoms with Crippen LogP contribution in [-0.4, -0.2) is 23.5 Å². The predicted octanol–water partition coefficient (Wildman–Crippen LogP) is 5.66. The first kappa shape index (κ1) is 22.7. The van der Waals surface area contributed by atoms with Crippen LogP contribution in [0, 0.1) is 6.92 Å². The number of hydrogen-bond acceptors (Lipinski definition) is 3. The van der Waals surface area contributed by atoms with Gasteiger partial charge in [-0.1, -0.05) is 78.9 Å². The third kappa shape index (κ3) is 7.04. The van der Waals surface area contributed by atoms with Crippen molar-refractivity contribution < 1.29 is 9.53 Å². The predicted molar refractivity (Wildman–Crippen MR) is 120 cm³/mol. The SMILES string of the molecule is Cc1ccccc1C(=O)OC(C)CN(Cc1ccccc1)Cc1ccccc1.Cl. The maximum atomic E-state index is 12.5. The zero-order valence-electron chi connectivity index (χ0n) is 17.0. The third-order valence-corrected chi connectivity index (χ3v) is 4.69. The maximum Gasteiger partial charge on any atom is 0.338 e. The molecule has 1 atom stereocenters. The van der Waals surface area contributed by atoms with Gasteiger partial charge in [0.2, 0.25) is 0 Å². The molecule has 0 heterocycles. The molecule has 3 aromatic rings. The van der Waals surface area contributed by atoms with Gasteiger partial charge in [0.1, 0.15) is 6.10 Å². The number of esters is 1. The number of rotatable bonds is 8. The van der Waals surface area contributed by atoms with Crippen LogP contribution in [0.25, 0.3) is 0 Å². The normalized spacial score (nSPS) is 11.6. The molecule has 0 amide bonds. The Kier molecular flexibility index (Phi) is 8.91. The Labute approximate surface area is 179 Å². The summed E-state index contributed by atoms with van der Waals surface area (Å²) in [5.41, 5.74) is 4.06. The van der Waals surface area contributed by atoms with Gasteiger partial charge in [-0.2, -0.15) is 0 Å². The summed E-state index contributed by atoms with van der Waals surface area (Å²) in [6.07, 6.45) is -0.209. The molecule has 0 bridgehead atoms. The smallest absolute Gasteiger partial charge is 0.338 e. The molecule has 0 saturated carbocycles. The van der Waals surface area contributed by atoms with Crippen molar-refractivity contribution in [3.05, 3.63) is 107 Å². The second kappa shape index (κ2) is 11.4. The lowest BCUT2D eigenvalue weighted by Crippen LogP contribution is -2.33. The summed E-state index contributed by atoms with van der Waals surface area (Å²) < 4.78 is 5.74. The number of hydrogen-bond donors (Lipinski definition) is 0. The lowest BCUT2D eigenvalue weighted by molar-refractivity contribution is 0.0236. The van der Waals surface area contributed by atoms with Crippen molar-refractivity contribution in [2.75, 3.05) is 6.54 Å². The molecular formula is C25H28ClNO2. The Morgan fingerprint density at radius 3 is 1.83 bits per heavy atom. The second-order valence-electron chi connectivity index (χ2n) is 7.17. The fraction of sp³-hybridized carbons (Fsp3) is 0.240. The number of aryl methyl sites for hydroxylation is 1. The molecule has 0 saturated heterocycles. The molecule has 0 fully saturated rings. The van der Waals surface area contributed by atoms with Crippen molar-refractivity contribution in [2.24, 2.45) is 0 Å². The summed E-state index contributed by atoms with van der Waals surface area (Å²) in [5, 5.41) is 0. The van der Waals surface area contributed by atoms with E-state index in [-0.39, 0.29) is 24.5 Å². The van der Waals surface area contributed by atoms with Crippen LogP contribution >= 0.6 is 12.4 Å². The topological polar surface area (TPSA) is 29.5 Å². The molecule has 0 spiro atoms. The molecule has 0 radical (unpaired) electrons. The quantitative estimate of drug-likeness (QED) is 0.449. The first-order valence-corrected chi connectivity index (χ1v) is 9.68. The molecule has 1 unspecified atom stereocenters. The van der Waals surface area contributed by atoms with Crippen LogP contribution in [0.2, 0.25) is 0 Å². The van der Waals surface area contributed by atoms with Crippen molar-refractivity contribution in [2.45, 2.75) is 33.0 Å². The van der Waals surface area contributed by atoms with Crippen LogP contribution in [0.4, 0.5) is 0 Å². The van der Waals surface area contributed by atoms with Crippen LogP contribution in [-0.2, 0) is 17.8 Å². The van der Waals surface area contributed by atoms with E-state index in [0.717, 1.165) is 18.7 Å². The number of halogens is 1. The molecular weight excluding hydrogens is 382 g/mol. The van der Waals surface area contributed by atoms with Gasteiger partial charge >= 0.3 is 5.97 Å². The molecule has 0 N–H and O–H groups in total. The molecule has 0 aliphatic carbocycles. The Morgan fingerprint density at radius 1 is 0.828 bits per heavy atom. The van der Waals surface area contributed by atoms with Gasteiger partial charge < -0.3 is 4.74 Å². The van der Waals surface area contributed by atoms with Crippen molar-refractivity contribution in [3.63, 3.8) is 0 Å². The minimum atomic E-state index is -0.259. The molecule has 29 heavy (non-hydrogen) atoms. The highest BCUT2D eigenvalue weighted by atomic mass is 35.5. The molecule has 3 rings (SSSR count). The highest BCUT2D eigenvalue weighted by Gasteiger charge is 2.17. The zero-order valence-corrected chi connectivity index (χ0v) is 17.8. The largest absolute Gasteiger partial charge is 0.458 e. The van der Waals surface area contributed by atoms with Gasteiger partial charge in [0.15, 0.2) is 0 Å². The number of nitrogens with zero attached hydrogens (tertiary/aromatic N) is 1. The monoisotopic (exact) mass is 409 g/mol. The highest BCUT2D eigenvalue weighted by Crippen LogP contribution is 2.14. The van der Waals surface area contributed by atoms with Gasteiger partial charge in [-0.25, -0.2) is 4.79 Å². The van der Waals surface area contributed by atoms with E-state index >= 15 is 0 Å². The molecule has 3 aromatic carbocycles. The van der Waals surface area contributed by atoms with Gasteiger partial charge in [0.25, 0.3) is 0 Å². The van der Waals surface area contributed by atoms with E-state index in [4.69, 9.17) is 4.74 Å². The molecule has 4 heteroatoms. The fourth-order valence-electron chi connectivity index (χ4n) is 3.32. The summed E-state index contributed by atoms with van der Waals surface area (Å²) in [6.45, 7) is 6.17.